The van der Waals surface area contributed by atoms with Crippen LogP contribution in [-0.4, -0.2) is 58.9 Å². The number of amides is 1. The molecule has 3 aromatic rings. The van der Waals surface area contributed by atoms with Crippen LogP contribution in [0.15, 0.2) is 45.0 Å². The summed E-state index contributed by atoms with van der Waals surface area (Å²) in [5.41, 5.74) is 1.58. The lowest BCUT2D eigenvalue weighted by Gasteiger charge is -2.18. The van der Waals surface area contributed by atoms with Gasteiger partial charge < -0.3 is 14.4 Å². The summed E-state index contributed by atoms with van der Waals surface area (Å²) in [4.78, 5) is 44.3. The molecule has 1 fully saturated rings. The summed E-state index contributed by atoms with van der Waals surface area (Å²) in [6, 6.07) is 6.69. The number of ether oxygens (including phenoxy) is 2. The Morgan fingerprint density at radius 2 is 2.21 bits per heavy atom. The highest BCUT2D eigenvalue weighted by atomic mass is 32.2. The molecule has 0 saturated carbocycles. The minimum absolute atomic E-state index is 0.0624. The van der Waals surface area contributed by atoms with Crippen molar-refractivity contribution in [3.63, 3.8) is 0 Å². The number of esters is 1. The number of thiophene rings is 1. The van der Waals surface area contributed by atoms with Crippen LogP contribution >= 0.6 is 23.1 Å². The Hall–Kier alpha value is -2.69. The first-order valence-corrected chi connectivity index (χ1v) is 12.5. The normalized spacial score (nSPS) is 15.6. The molecule has 0 N–H and O–H groups in total. The highest BCUT2D eigenvalue weighted by Crippen LogP contribution is 2.22. The van der Waals surface area contributed by atoms with Crippen molar-refractivity contribution >= 4 is 45.9 Å². The molecule has 10 heteroatoms. The Morgan fingerprint density at radius 1 is 1.36 bits per heavy atom. The molecule has 1 aliphatic rings. The molecule has 1 amide bonds. The van der Waals surface area contributed by atoms with Crippen molar-refractivity contribution in [3.8, 4) is 0 Å². The average Bonchev–Trinajstić information content (AvgIpc) is 3.53. The molecule has 0 bridgehead atoms. The van der Waals surface area contributed by atoms with E-state index in [0.29, 0.717) is 41.3 Å². The quantitative estimate of drug-likeness (QED) is 0.274. The Morgan fingerprint density at radius 3 is 2.91 bits per heavy atom. The van der Waals surface area contributed by atoms with Gasteiger partial charge in [-0.3, -0.25) is 14.2 Å². The molecule has 1 aliphatic heterocycles. The van der Waals surface area contributed by atoms with Gasteiger partial charge in [0, 0.05) is 20.2 Å². The summed E-state index contributed by atoms with van der Waals surface area (Å²) in [6.45, 7) is 1.58. The van der Waals surface area contributed by atoms with Crippen LogP contribution in [0.5, 0.6) is 0 Å². The summed E-state index contributed by atoms with van der Waals surface area (Å²) in [5.74, 6) is -0.421. The monoisotopic (exact) mass is 487 g/mol. The Bertz CT molecular complexity index is 1200. The third-order valence-electron chi connectivity index (χ3n) is 5.50. The predicted octanol–water partition coefficient (Wildman–Crippen LogP) is 3.17. The number of nitrogens with zero attached hydrogens (tertiary/aromatic N) is 3. The number of rotatable bonds is 8. The molecule has 174 valence electrons. The number of carbonyl (C=O) groups is 2. The first kappa shape index (κ1) is 23.5. The number of benzene rings is 1. The fourth-order valence-electron chi connectivity index (χ4n) is 3.69. The smallest absolute Gasteiger partial charge is 0.337 e. The Labute approximate surface area is 199 Å². The van der Waals surface area contributed by atoms with Gasteiger partial charge in [-0.1, -0.05) is 11.8 Å². The zero-order valence-electron chi connectivity index (χ0n) is 18.5. The zero-order valence-corrected chi connectivity index (χ0v) is 20.1. The van der Waals surface area contributed by atoms with E-state index < -0.39 is 5.97 Å². The molecule has 0 radical (unpaired) electrons. The highest BCUT2D eigenvalue weighted by molar-refractivity contribution is 7.99. The van der Waals surface area contributed by atoms with Gasteiger partial charge in [-0.2, -0.15) is 11.3 Å². The fourth-order valence-corrected chi connectivity index (χ4v) is 5.30. The number of hydrogen-bond donors (Lipinski definition) is 0. The molecule has 0 spiro atoms. The zero-order chi connectivity index (χ0) is 23.4. The van der Waals surface area contributed by atoms with Crippen LogP contribution in [-0.2, 0) is 27.4 Å². The van der Waals surface area contributed by atoms with Crippen LogP contribution in [0, 0.1) is 0 Å². The average molecular weight is 488 g/mol. The molecule has 1 atom stereocenters. The van der Waals surface area contributed by atoms with E-state index in [1.54, 1.807) is 46.1 Å². The second-order valence-electron chi connectivity index (χ2n) is 7.84. The lowest BCUT2D eigenvalue weighted by molar-refractivity contribution is -0.127. The van der Waals surface area contributed by atoms with E-state index in [4.69, 9.17) is 9.47 Å². The van der Waals surface area contributed by atoms with Gasteiger partial charge in [-0.25, -0.2) is 9.78 Å². The van der Waals surface area contributed by atoms with Gasteiger partial charge in [0.15, 0.2) is 5.16 Å². The van der Waals surface area contributed by atoms with Crippen molar-refractivity contribution in [1.82, 2.24) is 14.5 Å². The second-order valence-corrected chi connectivity index (χ2v) is 9.56. The minimum atomic E-state index is -0.498. The molecule has 2 aromatic heterocycles. The molecule has 1 aromatic carbocycles. The number of thioether (sulfide) groups is 1. The van der Waals surface area contributed by atoms with Crippen molar-refractivity contribution < 1.29 is 19.1 Å². The third-order valence-corrected chi connectivity index (χ3v) is 7.20. The van der Waals surface area contributed by atoms with Crippen molar-refractivity contribution in [2.45, 2.75) is 37.2 Å². The first-order chi connectivity index (χ1) is 16.0. The molecule has 8 nitrogen and oxygen atoms in total. The number of hydrogen-bond acceptors (Lipinski definition) is 8. The second kappa shape index (κ2) is 10.5. The van der Waals surface area contributed by atoms with E-state index in [9.17, 15) is 14.4 Å². The predicted molar refractivity (Wildman–Crippen MR) is 128 cm³/mol. The number of carbonyl (C=O) groups excluding carboxylic acids is 2. The molecule has 1 saturated heterocycles. The van der Waals surface area contributed by atoms with E-state index in [1.165, 1.54) is 18.9 Å². The summed E-state index contributed by atoms with van der Waals surface area (Å²) >= 11 is 2.81. The minimum Gasteiger partial charge on any atom is -0.465 e. The van der Waals surface area contributed by atoms with Gasteiger partial charge >= 0.3 is 5.97 Å². The van der Waals surface area contributed by atoms with Gasteiger partial charge in [0.1, 0.15) is 0 Å². The lowest BCUT2D eigenvalue weighted by atomic mass is 10.1. The molecule has 3 heterocycles. The third kappa shape index (κ3) is 5.45. The Kier molecular flexibility index (Phi) is 7.46. The van der Waals surface area contributed by atoms with Crippen LogP contribution in [0.1, 0.15) is 28.8 Å². The molecule has 33 heavy (non-hydrogen) atoms. The van der Waals surface area contributed by atoms with Crippen LogP contribution in [0.4, 0.5) is 0 Å². The molecular weight excluding hydrogens is 462 g/mol. The van der Waals surface area contributed by atoms with E-state index >= 15 is 0 Å². The summed E-state index contributed by atoms with van der Waals surface area (Å²) < 4.78 is 12.1. The van der Waals surface area contributed by atoms with Crippen LogP contribution < -0.4 is 5.56 Å². The maximum Gasteiger partial charge on any atom is 0.337 e. The Balaban J connectivity index is 1.62. The van der Waals surface area contributed by atoms with Gasteiger partial charge in [-0.15, -0.1) is 0 Å². The van der Waals surface area contributed by atoms with Gasteiger partial charge in [0.05, 0.1) is 42.0 Å². The summed E-state index contributed by atoms with van der Waals surface area (Å²) in [5, 5.41) is 4.83. The van der Waals surface area contributed by atoms with E-state index in [0.717, 1.165) is 18.4 Å². The maximum atomic E-state index is 13.3. The van der Waals surface area contributed by atoms with Crippen molar-refractivity contribution in [2.75, 3.05) is 26.5 Å². The van der Waals surface area contributed by atoms with E-state index in [2.05, 4.69) is 4.98 Å². The molecular formula is C23H25N3O5S2. The van der Waals surface area contributed by atoms with Crippen LogP contribution in [0.2, 0.25) is 0 Å². The summed E-state index contributed by atoms with van der Waals surface area (Å²) in [6.07, 6.45) is 1.77. The van der Waals surface area contributed by atoms with Gasteiger partial charge in [-0.05, 0) is 53.4 Å². The standard InChI is InChI=1S/C23H25N3O5S2/c1-25(11-15-7-9-32-13-15)20(27)14-33-23-24-19-10-16(22(29)30-2)5-6-18(19)21(28)26(23)12-17-4-3-8-31-17/h5-7,9-10,13,17H,3-4,8,11-12,14H2,1-2H3. The maximum absolute atomic E-state index is 13.3. The lowest BCUT2D eigenvalue weighted by Crippen LogP contribution is -2.30. The van der Waals surface area contributed by atoms with Crippen molar-refractivity contribution in [3.05, 3.63) is 56.5 Å². The van der Waals surface area contributed by atoms with E-state index in [1.807, 2.05) is 16.8 Å². The van der Waals surface area contributed by atoms with E-state index in [-0.39, 0.29) is 23.3 Å². The fraction of sp³-hybridized carbons (Fsp3) is 0.391. The largest absolute Gasteiger partial charge is 0.465 e. The summed E-state index contributed by atoms with van der Waals surface area (Å²) in [7, 11) is 3.06. The molecule has 0 aliphatic carbocycles. The highest BCUT2D eigenvalue weighted by Gasteiger charge is 2.22. The van der Waals surface area contributed by atoms with Crippen LogP contribution in [0.25, 0.3) is 10.9 Å². The van der Waals surface area contributed by atoms with Gasteiger partial charge in [0.25, 0.3) is 5.56 Å². The number of aromatic nitrogens is 2. The molecule has 4 rings (SSSR count). The van der Waals surface area contributed by atoms with Crippen molar-refractivity contribution in [1.29, 1.82) is 0 Å². The molecule has 1 unspecified atom stereocenters. The number of methoxy groups -OCH3 is 1. The van der Waals surface area contributed by atoms with Gasteiger partial charge in [0.2, 0.25) is 5.91 Å². The number of fused-ring (bicyclic) bond motifs is 1. The topological polar surface area (TPSA) is 90.7 Å². The first-order valence-electron chi connectivity index (χ1n) is 10.6. The van der Waals surface area contributed by atoms with Crippen LogP contribution in [0.3, 0.4) is 0 Å². The van der Waals surface area contributed by atoms with Crippen molar-refractivity contribution in [2.24, 2.45) is 0 Å². The SMILES string of the molecule is COC(=O)c1ccc2c(=O)n(CC3CCCO3)c(SCC(=O)N(C)Cc3ccsc3)nc2c1.